The summed E-state index contributed by atoms with van der Waals surface area (Å²) in [5, 5.41) is 10.9. The number of nitrogens with zero attached hydrogens (tertiary/aromatic N) is 5. The maximum Gasteiger partial charge on any atom is 0.573 e. The fourth-order valence-electron chi connectivity index (χ4n) is 3.52. The van der Waals surface area contributed by atoms with Gasteiger partial charge >= 0.3 is 6.36 Å². The van der Waals surface area contributed by atoms with Gasteiger partial charge in [0, 0.05) is 24.8 Å². The van der Waals surface area contributed by atoms with Crippen LogP contribution in [0.1, 0.15) is 13.8 Å². The zero-order chi connectivity index (χ0) is 23.6. The van der Waals surface area contributed by atoms with Gasteiger partial charge in [-0.05, 0) is 43.7 Å². The normalized spacial score (nSPS) is 18.8. The number of rotatable bonds is 5. The molecule has 0 unspecified atom stereocenters. The number of aromatic nitrogens is 4. The van der Waals surface area contributed by atoms with Gasteiger partial charge in [0.25, 0.3) is 0 Å². The molecule has 1 aromatic carbocycles. The third kappa shape index (κ3) is 5.99. The molecule has 1 fully saturated rings. The molecule has 1 aliphatic heterocycles. The average Bonchev–Trinajstić information content (AvgIpc) is 2.74. The van der Waals surface area contributed by atoms with Gasteiger partial charge in [-0.15, -0.1) is 18.3 Å². The summed E-state index contributed by atoms with van der Waals surface area (Å²) in [5.74, 6) is 1.00. The van der Waals surface area contributed by atoms with Crippen LogP contribution >= 0.6 is 11.6 Å². The average molecular weight is 481 g/mol. The van der Waals surface area contributed by atoms with E-state index in [-0.39, 0.29) is 17.2 Å². The van der Waals surface area contributed by atoms with Crippen molar-refractivity contribution in [1.82, 2.24) is 20.2 Å². The van der Waals surface area contributed by atoms with Crippen molar-refractivity contribution in [1.29, 1.82) is 0 Å². The molecule has 0 radical (unpaired) electrons. The van der Waals surface area contributed by atoms with Gasteiger partial charge in [0.1, 0.15) is 11.6 Å². The van der Waals surface area contributed by atoms with Gasteiger partial charge in [-0.2, -0.15) is 10.1 Å². The molecule has 8 nitrogen and oxygen atoms in total. The maximum atomic E-state index is 12.5. The highest BCUT2D eigenvalue weighted by Crippen LogP contribution is 2.34. The highest BCUT2D eigenvalue weighted by Gasteiger charge is 2.32. The van der Waals surface area contributed by atoms with E-state index >= 15 is 0 Å². The van der Waals surface area contributed by atoms with Crippen molar-refractivity contribution in [2.24, 2.45) is 0 Å². The third-order valence-electron chi connectivity index (χ3n) is 4.75. The largest absolute Gasteiger partial charge is 0.573 e. The quantitative estimate of drug-likeness (QED) is 0.555. The van der Waals surface area contributed by atoms with Crippen LogP contribution in [0.15, 0.2) is 42.7 Å². The van der Waals surface area contributed by atoms with Gasteiger partial charge in [0.15, 0.2) is 5.82 Å². The fourth-order valence-corrected chi connectivity index (χ4v) is 3.74. The summed E-state index contributed by atoms with van der Waals surface area (Å²) in [7, 11) is 0. The summed E-state index contributed by atoms with van der Waals surface area (Å²) in [6.45, 7) is 5.36. The van der Waals surface area contributed by atoms with Gasteiger partial charge in [-0.25, -0.2) is 4.98 Å². The van der Waals surface area contributed by atoms with Gasteiger partial charge in [-0.3, -0.25) is 0 Å². The Morgan fingerprint density at radius 2 is 1.85 bits per heavy atom. The summed E-state index contributed by atoms with van der Waals surface area (Å²) < 4.78 is 47.0. The molecule has 12 heteroatoms. The standard InChI is InChI=1S/C21H20ClF3N6O2/c1-12-10-31(11-13(2)32-12)20-26-6-5-18(29-20)28-19-8-15(9-27-30-19)14-3-4-17(16(22)7-14)33-21(23,24)25/h3-9,12-13H,10-11H2,1-2H3,(H,26,28,29,30)/t12-,13+. The van der Waals surface area contributed by atoms with E-state index in [1.165, 1.54) is 18.3 Å². The Morgan fingerprint density at radius 3 is 2.55 bits per heavy atom. The van der Waals surface area contributed by atoms with Crippen molar-refractivity contribution in [3.05, 3.63) is 47.7 Å². The summed E-state index contributed by atoms with van der Waals surface area (Å²) >= 11 is 5.96. The van der Waals surface area contributed by atoms with E-state index < -0.39 is 12.1 Å². The number of nitrogens with one attached hydrogen (secondary N) is 1. The highest BCUT2D eigenvalue weighted by atomic mass is 35.5. The van der Waals surface area contributed by atoms with Crippen LogP contribution in [0, 0.1) is 0 Å². The minimum atomic E-state index is -4.83. The van der Waals surface area contributed by atoms with Crippen molar-refractivity contribution in [2.75, 3.05) is 23.3 Å². The molecule has 1 N–H and O–H groups in total. The molecule has 3 heterocycles. The van der Waals surface area contributed by atoms with Crippen molar-refractivity contribution < 1.29 is 22.6 Å². The first-order valence-corrected chi connectivity index (χ1v) is 10.4. The predicted octanol–water partition coefficient (Wildman–Crippen LogP) is 4.84. The highest BCUT2D eigenvalue weighted by molar-refractivity contribution is 6.32. The van der Waals surface area contributed by atoms with Crippen molar-refractivity contribution >= 4 is 29.2 Å². The summed E-state index contributed by atoms with van der Waals surface area (Å²) in [5.41, 5.74) is 1.14. The van der Waals surface area contributed by atoms with Crippen LogP contribution < -0.4 is 15.0 Å². The molecule has 174 valence electrons. The van der Waals surface area contributed by atoms with Gasteiger partial charge in [0.05, 0.1) is 23.4 Å². The molecule has 0 aliphatic carbocycles. The minimum absolute atomic E-state index is 0.0660. The summed E-state index contributed by atoms with van der Waals surface area (Å²) in [6.07, 6.45) is -1.57. The zero-order valence-corrected chi connectivity index (χ0v) is 18.4. The predicted molar refractivity (Wildman–Crippen MR) is 117 cm³/mol. The van der Waals surface area contributed by atoms with E-state index in [2.05, 4.69) is 35.1 Å². The Kier molecular flexibility index (Phi) is 6.52. The van der Waals surface area contributed by atoms with E-state index in [4.69, 9.17) is 16.3 Å². The second-order valence-electron chi connectivity index (χ2n) is 7.55. The Morgan fingerprint density at radius 1 is 1.09 bits per heavy atom. The summed E-state index contributed by atoms with van der Waals surface area (Å²) in [4.78, 5) is 11.0. The first kappa shape index (κ1) is 23.0. The molecule has 1 aliphatic rings. The fraction of sp³-hybridized carbons (Fsp3) is 0.333. The number of halogens is 4. The monoisotopic (exact) mass is 480 g/mol. The first-order valence-electron chi connectivity index (χ1n) is 10.0. The van der Waals surface area contributed by atoms with Crippen LogP contribution in [0.5, 0.6) is 5.75 Å². The van der Waals surface area contributed by atoms with E-state index in [0.29, 0.717) is 41.8 Å². The lowest BCUT2D eigenvalue weighted by Crippen LogP contribution is -2.46. The maximum absolute atomic E-state index is 12.5. The number of benzene rings is 1. The van der Waals surface area contributed by atoms with Crippen LogP contribution in [0.3, 0.4) is 0 Å². The number of hydrogen-bond acceptors (Lipinski definition) is 8. The SMILES string of the molecule is C[C@@H]1CN(c2nccc(Nc3cc(-c4ccc(OC(F)(F)F)c(Cl)c4)cnn3)n2)C[C@H](C)O1. The van der Waals surface area contributed by atoms with Crippen LogP contribution in [0.2, 0.25) is 5.02 Å². The smallest absolute Gasteiger partial charge is 0.404 e. The van der Waals surface area contributed by atoms with E-state index in [0.717, 1.165) is 6.07 Å². The topological polar surface area (TPSA) is 85.3 Å². The molecule has 2 atom stereocenters. The van der Waals surface area contributed by atoms with Crippen LogP contribution in [0.4, 0.5) is 30.8 Å². The molecule has 0 spiro atoms. The first-order chi connectivity index (χ1) is 15.7. The molecular weight excluding hydrogens is 461 g/mol. The molecule has 0 saturated carbocycles. The lowest BCUT2D eigenvalue weighted by molar-refractivity contribution is -0.274. The van der Waals surface area contributed by atoms with Crippen molar-refractivity contribution in [3.63, 3.8) is 0 Å². The Balaban J connectivity index is 1.52. The van der Waals surface area contributed by atoms with E-state index in [9.17, 15) is 13.2 Å². The lowest BCUT2D eigenvalue weighted by atomic mass is 10.1. The number of hydrogen-bond donors (Lipinski definition) is 1. The second-order valence-corrected chi connectivity index (χ2v) is 7.96. The molecule has 0 amide bonds. The van der Waals surface area contributed by atoms with E-state index in [1.807, 2.05) is 13.8 Å². The number of anilines is 3. The second kappa shape index (κ2) is 9.36. The third-order valence-corrected chi connectivity index (χ3v) is 5.04. The Labute approximate surface area is 192 Å². The van der Waals surface area contributed by atoms with Crippen molar-refractivity contribution in [3.8, 4) is 16.9 Å². The van der Waals surface area contributed by atoms with Crippen LogP contribution in [-0.2, 0) is 4.74 Å². The van der Waals surface area contributed by atoms with Crippen LogP contribution in [-0.4, -0.2) is 51.8 Å². The number of ether oxygens (including phenoxy) is 2. The Hall–Kier alpha value is -3.18. The molecule has 33 heavy (non-hydrogen) atoms. The Bertz CT molecular complexity index is 1120. The lowest BCUT2D eigenvalue weighted by Gasteiger charge is -2.35. The van der Waals surface area contributed by atoms with Gasteiger partial charge < -0.3 is 19.7 Å². The van der Waals surface area contributed by atoms with Gasteiger partial charge in [0.2, 0.25) is 5.95 Å². The van der Waals surface area contributed by atoms with E-state index in [1.54, 1.807) is 18.3 Å². The number of alkyl halides is 3. The van der Waals surface area contributed by atoms with Crippen molar-refractivity contribution in [2.45, 2.75) is 32.4 Å². The molecule has 0 bridgehead atoms. The van der Waals surface area contributed by atoms with Gasteiger partial charge in [-0.1, -0.05) is 17.7 Å². The minimum Gasteiger partial charge on any atom is -0.404 e. The molecule has 3 aromatic rings. The molecule has 1 saturated heterocycles. The van der Waals surface area contributed by atoms with Crippen LogP contribution in [0.25, 0.3) is 11.1 Å². The number of morpholine rings is 1. The summed E-state index contributed by atoms with van der Waals surface area (Å²) in [6, 6.07) is 7.36. The molecule has 2 aromatic heterocycles. The molecule has 4 rings (SSSR count). The zero-order valence-electron chi connectivity index (χ0n) is 17.7. The molecular formula is C21H20ClF3N6O2.